The van der Waals surface area contributed by atoms with Crippen LogP contribution >= 0.6 is 0 Å². The Labute approximate surface area is 194 Å². The monoisotopic (exact) mass is 452 g/mol. The van der Waals surface area contributed by atoms with Gasteiger partial charge in [0.25, 0.3) is 11.6 Å². The fourth-order valence-electron chi connectivity index (χ4n) is 4.67. The molecule has 0 aliphatic carbocycles. The second-order valence-electron chi connectivity index (χ2n) is 9.06. The highest BCUT2D eigenvalue weighted by Crippen LogP contribution is 2.32. The van der Waals surface area contributed by atoms with Gasteiger partial charge in [-0.05, 0) is 68.0 Å². The number of hydrogen-bond donors (Lipinski definition) is 1. The Hall–Kier alpha value is -3.29. The zero-order chi connectivity index (χ0) is 23.4. The van der Waals surface area contributed by atoms with Crippen LogP contribution < -0.4 is 19.9 Å². The Balaban J connectivity index is 1.37. The summed E-state index contributed by atoms with van der Waals surface area (Å²) in [6.07, 6.45) is 3.69. The smallest absolute Gasteiger partial charge is 0.293 e. The van der Waals surface area contributed by atoms with Gasteiger partial charge in [0.05, 0.1) is 12.0 Å². The van der Waals surface area contributed by atoms with Gasteiger partial charge in [0, 0.05) is 49.5 Å². The Morgan fingerprint density at radius 2 is 1.64 bits per heavy atom. The molecule has 2 aliphatic heterocycles. The van der Waals surface area contributed by atoms with Crippen molar-refractivity contribution < 1.29 is 14.5 Å². The fraction of sp³-hybridized carbons (Fsp3) is 0.480. The number of methoxy groups -OCH3 is 1. The number of carbonyl (C=O) groups is 1. The van der Waals surface area contributed by atoms with Crippen LogP contribution in [0.5, 0.6) is 5.75 Å². The SMILES string of the molecule is COc1ccc(N2CCC(NC(=O)c3ccc(N4CCC(C)CC4)c([N+](=O)[O-])c3)CC2)cc1. The summed E-state index contributed by atoms with van der Waals surface area (Å²) in [6.45, 7) is 5.49. The first-order chi connectivity index (χ1) is 15.9. The van der Waals surface area contributed by atoms with Crippen molar-refractivity contribution in [3.8, 4) is 5.75 Å². The van der Waals surface area contributed by atoms with Crippen molar-refractivity contribution in [3.63, 3.8) is 0 Å². The van der Waals surface area contributed by atoms with Crippen LogP contribution in [-0.2, 0) is 0 Å². The average Bonchev–Trinajstić information content (AvgIpc) is 2.84. The molecular formula is C25H32N4O4. The normalized spacial score (nSPS) is 17.6. The van der Waals surface area contributed by atoms with Crippen molar-refractivity contribution in [1.29, 1.82) is 0 Å². The van der Waals surface area contributed by atoms with Gasteiger partial charge in [0.2, 0.25) is 0 Å². The third kappa shape index (κ3) is 5.38. The minimum Gasteiger partial charge on any atom is -0.497 e. The maximum absolute atomic E-state index is 12.9. The highest BCUT2D eigenvalue weighted by molar-refractivity contribution is 5.96. The lowest BCUT2D eigenvalue weighted by molar-refractivity contribution is -0.384. The lowest BCUT2D eigenvalue weighted by Gasteiger charge is -2.34. The molecule has 2 fully saturated rings. The number of piperidine rings is 2. The van der Waals surface area contributed by atoms with Gasteiger partial charge in [0.15, 0.2) is 0 Å². The summed E-state index contributed by atoms with van der Waals surface area (Å²) in [4.78, 5) is 28.6. The van der Waals surface area contributed by atoms with E-state index in [0.29, 0.717) is 17.2 Å². The predicted octanol–water partition coefficient (Wildman–Crippen LogP) is 4.24. The molecule has 4 rings (SSSR count). The number of carbonyl (C=O) groups excluding carboxylic acids is 1. The first kappa shape index (κ1) is 22.9. The van der Waals surface area contributed by atoms with Crippen LogP contribution in [0.25, 0.3) is 0 Å². The van der Waals surface area contributed by atoms with E-state index in [1.54, 1.807) is 19.2 Å². The first-order valence-corrected chi connectivity index (χ1v) is 11.7. The summed E-state index contributed by atoms with van der Waals surface area (Å²) < 4.78 is 5.22. The molecule has 8 heteroatoms. The van der Waals surface area contributed by atoms with Crippen LogP contribution in [0.15, 0.2) is 42.5 Å². The number of nitro groups is 1. The summed E-state index contributed by atoms with van der Waals surface area (Å²) in [6, 6.07) is 12.9. The second-order valence-corrected chi connectivity index (χ2v) is 9.06. The van der Waals surface area contributed by atoms with Crippen molar-refractivity contribution in [2.24, 2.45) is 5.92 Å². The molecule has 2 heterocycles. The highest BCUT2D eigenvalue weighted by Gasteiger charge is 2.26. The minimum absolute atomic E-state index is 0.00604. The molecule has 0 aromatic heterocycles. The Morgan fingerprint density at radius 1 is 1.00 bits per heavy atom. The van der Waals surface area contributed by atoms with E-state index in [1.165, 1.54) is 6.07 Å². The lowest BCUT2D eigenvalue weighted by Crippen LogP contribution is -2.44. The van der Waals surface area contributed by atoms with Crippen LogP contribution in [0.4, 0.5) is 17.1 Å². The van der Waals surface area contributed by atoms with E-state index in [-0.39, 0.29) is 22.6 Å². The number of nitrogens with zero attached hydrogens (tertiary/aromatic N) is 3. The lowest BCUT2D eigenvalue weighted by atomic mass is 9.98. The van der Waals surface area contributed by atoms with Crippen LogP contribution in [0.2, 0.25) is 0 Å². The van der Waals surface area contributed by atoms with Crippen molar-refractivity contribution in [3.05, 3.63) is 58.1 Å². The third-order valence-electron chi connectivity index (χ3n) is 6.83. The topological polar surface area (TPSA) is 88.0 Å². The van der Waals surface area contributed by atoms with Gasteiger partial charge in [-0.1, -0.05) is 6.92 Å². The largest absolute Gasteiger partial charge is 0.497 e. The van der Waals surface area contributed by atoms with Gasteiger partial charge < -0.3 is 19.9 Å². The summed E-state index contributed by atoms with van der Waals surface area (Å²) in [5.41, 5.74) is 2.09. The number of hydrogen-bond acceptors (Lipinski definition) is 6. The molecule has 0 radical (unpaired) electrons. The molecule has 33 heavy (non-hydrogen) atoms. The molecule has 1 amide bonds. The predicted molar refractivity (Wildman–Crippen MR) is 129 cm³/mol. The maximum atomic E-state index is 12.9. The van der Waals surface area contributed by atoms with Crippen LogP contribution in [0, 0.1) is 16.0 Å². The number of amides is 1. The molecule has 0 atom stereocenters. The zero-order valence-electron chi connectivity index (χ0n) is 19.3. The molecule has 2 saturated heterocycles. The van der Waals surface area contributed by atoms with Crippen molar-refractivity contribution in [2.75, 3.05) is 43.1 Å². The van der Waals surface area contributed by atoms with Gasteiger partial charge in [-0.25, -0.2) is 0 Å². The number of nitrogens with one attached hydrogen (secondary N) is 1. The summed E-state index contributed by atoms with van der Waals surface area (Å²) in [7, 11) is 1.65. The summed E-state index contributed by atoms with van der Waals surface area (Å²) in [5.74, 6) is 1.22. The fourth-order valence-corrected chi connectivity index (χ4v) is 4.67. The molecule has 1 N–H and O–H groups in total. The molecule has 0 saturated carbocycles. The molecular weight excluding hydrogens is 420 g/mol. The number of rotatable bonds is 6. The highest BCUT2D eigenvalue weighted by atomic mass is 16.6. The quantitative estimate of drug-likeness (QED) is 0.521. The van der Waals surface area contributed by atoms with E-state index < -0.39 is 0 Å². The number of benzene rings is 2. The Bertz CT molecular complexity index is 978. The molecule has 8 nitrogen and oxygen atoms in total. The van der Waals surface area contributed by atoms with Gasteiger partial charge in [-0.3, -0.25) is 14.9 Å². The second kappa shape index (κ2) is 10.1. The van der Waals surface area contributed by atoms with E-state index in [4.69, 9.17) is 4.74 Å². The van der Waals surface area contributed by atoms with Crippen molar-refractivity contribution >= 4 is 23.0 Å². The summed E-state index contributed by atoms with van der Waals surface area (Å²) >= 11 is 0. The van der Waals surface area contributed by atoms with E-state index >= 15 is 0 Å². The number of nitro benzene ring substituents is 1. The molecule has 2 aliphatic rings. The van der Waals surface area contributed by atoms with E-state index in [9.17, 15) is 14.9 Å². The standard InChI is InChI=1S/C25H32N4O4/c1-18-9-13-28(14-10-18)23-8-3-19(17-24(23)29(31)32)25(30)26-20-11-15-27(16-12-20)21-4-6-22(33-2)7-5-21/h3-8,17-18,20H,9-16H2,1-2H3,(H,26,30). The molecule has 2 aromatic carbocycles. The van der Waals surface area contributed by atoms with Gasteiger partial charge in [0.1, 0.15) is 11.4 Å². The van der Waals surface area contributed by atoms with Gasteiger partial charge >= 0.3 is 0 Å². The zero-order valence-corrected chi connectivity index (χ0v) is 19.3. The van der Waals surface area contributed by atoms with Gasteiger partial charge in [-0.15, -0.1) is 0 Å². The average molecular weight is 453 g/mol. The van der Waals surface area contributed by atoms with Crippen LogP contribution in [-0.4, -0.2) is 50.2 Å². The van der Waals surface area contributed by atoms with Crippen molar-refractivity contribution in [1.82, 2.24) is 5.32 Å². The van der Waals surface area contributed by atoms with Crippen LogP contribution in [0.1, 0.15) is 43.0 Å². The Morgan fingerprint density at radius 3 is 2.24 bits per heavy atom. The van der Waals surface area contributed by atoms with E-state index in [2.05, 4.69) is 22.0 Å². The van der Waals surface area contributed by atoms with E-state index in [1.807, 2.05) is 24.3 Å². The van der Waals surface area contributed by atoms with E-state index in [0.717, 1.165) is 63.3 Å². The number of ether oxygens (including phenoxy) is 1. The van der Waals surface area contributed by atoms with Gasteiger partial charge in [-0.2, -0.15) is 0 Å². The van der Waals surface area contributed by atoms with Crippen molar-refractivity contribution in [2.45, 2.75) is 38.6 Å². The first-order valence-electron chi connectivity index (χ1n) is 11.7. The number of anilines is 2. The molecule has 0 bridgehead atoms. The molecule has 176 valence electrons. The summed E-state index contributed by atoms with van der Waals surface area (Å²) in [5, 5.41) is 14.8. The van der Waals surface area contributed by atoms with Crippen LogP contribution in [0.3, 0.4) is 0 Å². The third-order valence-corrected chi connectivity index (χ3v) is 6.83. The molecule has 0 unspecified atom stereocenters. The maximum Gasteiger partial charge on any atom is 0.293 e. The molecule has 0 spiro atoms. The minimum atomic E-state index is -0.377. The Kier molecular flexibility index (Phi) is 7.01. The molecule has 2 aromatic rings.